The second-order valence-corrected chi connectivity index (χ2v) is 10.4. The van der Waals surface area contributed by atoms with Gasteiger partial charge in [0.15, 0.2) is 0 Å². The fourth-order valence-corrected chi connectivity index (χ4v) is 5.80. The summed E-state index contributed by atoms with van der Waals surface area (Å²) in [5, 5.41) is 0.663. The number of nitrogens with zero attached hydrogens (tertiary/aromatic N) is 1. The van der Waals surface area contributed by atoms with Crippen molar-refractivity contribution in [2.24, 2.45) is 11.1 Å². The summed E-state index contributed by atoms with van der Waals surface area (Å²) in [5.41, 5.74) is 6.22. The molecule has 1 atom stereocenters. The zero-order valence-corrected chi connectivity index (χ0v) is 20.4. The molecule has 1 saturated carbocycles. The van der Waals surface area contributed by atoms with Gasteiger partial charge in [-0.3, -0.25) is 9.59 Å². The Hall–Kier alpha value is -2.60. The molecule has 2 N–H and O–H groups in total. The van der Waals surface area contributed by atoms with Crippen molar-refractivity contribution >= 4 is 23.4 Å². The topological polar surface area (TPSA) is 72.6 Å². The van der Waals surface area contributed by atoms with Crippen LogP contribution in [0.4, 0.5) is 4.39 Å². The van der Waals surface area contributed by atoms with Crippen molar-refractivity contribution in [1.29, 1.82) is 0 Å². The minimum Gasteiger partial charge on any atom is -0.493 e. The van der Waals surface area contributed by atoms with E-state index in [1.807, 2.05) is 17.9 Å². The summed E-state index contributed by atoms with van der Waals surface area (Å²) < 4.78 is 19.7. The molecule has 0 radical (unpaired) electrons. The molecule has 182 valence electrons. The first-order valence-corrected chi connectivity index (χ1v) is 12.3. The second kappa shape index (κ2) is 9.95. The number of likely N-dealkylation sites (tertiary alicyclic amines) is 1. The monoisotopic (exact) mass is 486 g/mol. The number of ether oxygens (including phenoxy) is 1. The molecule has 4 rings (SSSR count). The Morgan fingerprint density at radius 3 is 2.44 bits per heavy atom. The molecule has 2 amide bonds. The van der Waals surface area contributed by atoms with Crippen LogP contribution in [0.3, 0.4) is 0 Å². The number of carbonyl (C=O) groups is 2. The molecule has 0 bridgehead atoms. The second-order valence-electron chi connectivity index (χ2n) is 9.97. The molecule has 5 nitrogen and oxygen atoms in total. The Kier molecular flexibility index (Phi) is 7.17. The number of hydrogen-bond acceptors (Lipinski definition) is 3. The molecular formula is C27H32ClFN2O3. The number of hydrogen-bond donors (Lipinski definition) is 1. The van der Waals surface area contributed by atoms with Crippen LogP contribution in [0.15, 0.2) is 42.5 Å². The van der Waals surface area contributed by atoms with Crippen LogP contribution in [0.5, 0.6) is 5.75 Å². The maximum absolute atomic E-state index is 14.0. The highest BCUT2D eigenvalue weighted by molar-refractivity contribution is 6.31. The number of halogens is 2. The third-order valence-electron chi connectivity index (χ3n) is 7.44. The van der Waals surface area contributed by atoms with E-state index in [1.165, 1.54) is 12.1 Å². The van der Waals surface area contributed by atoms with Crippen LogP contribution in [0.1, 0.15) is 56.1 Å². The lowest BCUT2D eigenvalue weighted by Crippen LogP contribution is -2.54. The standard InChI is InChI=1S/C27H32ClFN2O3/c1-19-15-22(9-10-23(19)28)34-18-26(16-24(30)32)11-4-14-31(17-26)25(33)27(12-2-3-13-27)20-5-7-21(29)8-6-20/h5-10,15H,2-4,11-14,16-18H2,1H3,(H2,30,32). The van der Waals surface area contributed by atoms with E-state index >= 15 is 0 Å². The first-order chi connectivity index (χ1) is 16.2. The maximum atomic E-state index is 14.0. The molecule has 1 aliphatic carbocycles. The van der Waals surface area contributed by atoms with E-state index in [2.05, 4.69) is 0 Å². The van der Waals surface area contributed by atoms with Gasteiger partial charge in [0.2, 0.25) is 11.8 Å². The Labute approximate surface area is 205 Å². The number of amides is 2. The molecule has 7 heteroatoms. The number of aryl methyl sites for hydroxylation is 1. The van der Waals surface area contributed by atoms with Crippen LogP contribution in [-0.4, -0.2) is 36.4 Å². The van der Waals surface area contributed by atoms with Gasteiger partial charge in [-0.05, 0) is 74.1 Å². The third-order valence-corrected chi connectivity index (χ3v) is 7.86. The Bertz CT molecular complexity index is 1050. The Morgan fingerprint density at radius 1 is 1.09 bits per heavy atom. The van der Waals surface area contributed by atoms with Gasteiger partial charge in [0.1, 0.15) is 11.6 Å². The summed E-state index contributed by atoms with van der Waals surface area (Å²) in [6.07, 6.45) is 5.07. The maximum Gasteiger partial charge on any atom is 0.233 e. The van der Waals surface area contributed by atoms with Crippen molar-refractivity contribution in [2.45, 2.75) is 57.3 Å². The van der Waals surface area contributed by atoms with E-state index in [1.54, 1.807) is 24.3 Å². The fourth-order valence-electron chi connectivity index (χ4n) is 5.68. The van der Waals surface area contributed by atoms with Crippen molar-refractivity contribution in [3.63, 3.8) is 0 Å². The smallest absolute Gasteiger partial charge is 0.233 e. The fraction of sp³-hybridized carbons (Fsp3) is 0.481. The first kappa shape index (κ1) is 24.5. The first-order valence-electron chi connectivity index (χ1n) is 12.0. The predicted octanol–water partition coefficient (Wildman–Crippen LogP) is 5.16. The molecule has 1 saturated heterocycles. The highest BCUT2D eigenvalue weighted by Gasteiger charge is 2.48. The number of rotatable bonds is 7. The van der Waals surface area contributed by atoms with Gasteiger partial charge in [0, 0.05) is 29.9 Å². The van der Waals surface area contributed by atoms with E-state index in [4.69, 9.17) is 22.1 Å². The van der Waals surface area contributed by atoms with E-state index in [-0.39, 0.29) is 24.8 Å². The minimum absolute atomic E-state index is 0.0625. The van der Waals surface area contributed by atoms with Crippen LogP contribution in [0.25, 0.3) is 0 Å². The molecule has 1 unspecified atom stereocenters. The predicted molar refractivity (Wildman–Crippen MR) is 130 cm³/mol. The molecule has 2 fully saturated rings. The number of primary amides is 1. The average Bonchev–Trinajstić information content (AvgIpc) is 3.31. The largest absolute Gasteiger partial charge is 0.493 e. The quantitative estimate of drug-likeness (QED) is 0.587. The summed E-state index contributed by atoms with van der Waals surface area (Å²) in [5.74, 6) is 0.0249. The van der Waals surface area contributed by atoms with Gasteiger partial charge in [0.05, 0.1) is 12.0 Å². The van der Waals surface area contributed by atoms with Crippen molar-refractivity contribution in [1.82, 2.24) is 4.90 Å². The summed E-state index contributed by atoms with van der Waals surface area (Å²) in [6, 6.07) is 11.8. The normalized spacial score (nSPS) is 21.9. The lowest BCUT2D eigenvalue weighted by molar-refractivity contribution is -0.143. The Morgan fingerprint density at radius 2 is 1.79 bits per heavy atom. The number of piperidine rings is 1. The van der Waals surface area contributed by atoms with E-state index in [0.29, 0.717) is 23.9 Å². The lowest BCUT2D eigenvalue weighted by Gasteiger charge is -2.45. The Balaban J connectivity index is 1.57. The van der Waals surface area contributed by atoms with Gasteiger partial charge >= 0.3 is 0 Å². The van der Waals surface area contributed by atoms with Crippen LogP contribution in [0, 0.1) is 18.2 Å². The van der Waals surface area contributed by atoms with Gasteiger partial charge in [-0.1, -0.05) is 36.6 Å². The van der Waals surface area contributed by atoms with Gasteiger partial charge in [0.25, 0.3) is 0 Å². The third kappa shape index (κ3) is 5.07. The molecular weight excluding hydrogens is 455 g/mol. The van der Waals surface area contributed by atoms with E-state index in [9.17, 15) is 14.0 Å². The van der Waals surface area contributed by atoms with Crippen molar-refractivity contribution in [3.8, 4) is 5.75 Å². The summed E-state index contributed by atoms with van der Waals surface area (Å²) in [4.78, 5) is 27.9. The molecule has 2 aromatic rings. The zero-order valence-electron chi connectivity index (χ0n) is 19.6. The number of carbonyl (C=O) groups excluding carboxylic acids is 2. The van der Waals surface area contributed by atoms with Crippen LogP contribution >= 0.6 is 11.6 Å². The molecule has 34 heavy (non-hydrogen) atoms. The molecule has 1 heterocycles. The molecule has 0 spiro atoms. The van der Waals surface area contributed by atoms with Gasteiger partial charge < -0.3 is 15.4 Å². The van der Waals surface area contributed by atoms with E-state index < -0.39 is 16.7 Å². The summed E-state index contributed by atoms with van der Waals surface area (Å²) in [6.45, 7) is 3.23. The van der Waals surface area contributed by atoms with Crippen LogP contribution in [0.2, 0.25) is 5.02 Å². The van der Waals surface area contributed by atoms with E-state index in [0.717, 1.165) is 49.7 Å². The summed E-state index contributed by atoms with van der Waals surface area (Å²) >= 11 is 6.13. The molecule has 2 aliphatic rings. The average molecular weight is 487 g/mol. The highest BCUT2D eigenvalue weighted by atomic mass is 35.5. The van der Waals surface area contributed by atoms with Gasteiger partial charge in [-0.2, -0.15) is 0 Å². The van der Waals surface area contributed by atoms with Gasteiger partial charge in [-0.25, -0.2) is 4.39 Å². The van der Waals surface area contributed by atoms with Crippen LogP contribution in [-0.2, 0) is 15.0 Å². The molecule has 1 aliphatic heterocycles. The van der Waals surface area contributed by atoms with Crippen molar-refractivity contribution in [2.75, 3.05) is 19.7 Å². The number of benzene rings is 2. The molecule has 2 aromatic carbocycles. The zero-order chi connectivity index (χ0) is 24.3. The van der Waals surface area contributed by atoms with Crippen molar-refractivity contribution < 1.29 is 18.7 Å². The SMILES string of the molecule is Cc1cc(OCC2(CC(N)=O)CCCN(C(=O)C3(c4ccc(F)cc4)CCCC3)C2)ccc1Cl. The van der Waals surface area contributed by atoms with Crippen molar-refractivity contribution in [3.05, 3.63) is 64.4 Å². The number of nitrogens with two attached hydrogens (primary N) is 1. The lowest BCUT2D eigenvalue weighted by atomic mass is 9.74. The minimum atomic E-state index is -0.641. The highest BCUT2D eigenvalue weighted by Crippen LogP contribution is 2.44. The molecule has 0 aromatic heterocycles. The van der Waals surface area contributed by atoms with Gasteiger partial charge in [-0.15, -0.1) is 0 Å². The summed E-state index contributed by atoms with van der Waals surface area (Å²) in [7, 11) is 0. The van der Waals surface area contributed by atoms with Crippen LogP contribution < -0.4 is 10.5 Å².